The third kappa shape index (κ3) is 5.13. The van der Waals surface area contributed by atoms with Crippen LogP contribution < -0.4 is 15.4 Å². The van der Waals surface area contributed by atoms with Crippen molar-refractivity contribution >= 4 is 11.7 Å². The molecule has 1 fully saturated rings. The van der Waals surface area contributed by atoms with Crippen LogP contribution in [0, 0.1) is 12.8 Å². The van der Waals surface area contributed by atoms with Crippen molar-refractivity contribution in [3.8, 4) is 5.75 Å². The summed E-state index contributed by atoms with van der Waals surface area (Å²) in [6.07, 6.45) is 5.31. The van der Waals surface area contributed by atoms with Crippen LogP contribution in [0.1, 0.15) is 44.6 Å². The fraction of sp³-hybridized carbons (Fsp3) is 0.611. The zero-order valence-electron chi connectivity index (χ0n) is 14.1. The molecule has 1 aliphatic carbocycles. The van der Waals surface area contributed by atoms with E-state index in [4.69, 9.17) is 4.74 Å². The first-order valence-electron chi connectivity index (χ1n) is 8.56. The van der Waals surface area contributed by atoms with E-state index in [0.717, 1.165) is 42.7 Å². The standard InChI is InChI=1S/C18H28N2O3/c1-3-23-15-9-10-16(13(2)11-15)19-18(22)20-17-8-6-4-5-7-14(17)12-21/h9-11,14,17,21H,3-8,12H2,1-2H3,(H2,19,20,22). The van der Waals surface area contributed by atoms with Crippen molar-refractivity contribution in [3.05, 3.63) is 23.8 Å². The van der Waals surface area contributed by atoms with Crippen LogP contribution in [0.4, 0.5) is 10.5 Å². The van der Waals surface area contributed by atoms with Gasteiger partial charge in [-0.3, -0.25) is 0 Å². The Morgan fingerprint density at radius 2 is 2.09 bits per heavy atom. The number of ether oxygens (including phenoxy) is 1. The fourth-order valence-electron chi connectivity index (χ4n) is 3.15. The van der Waals surface area contributed by atoms with Gasteiger partial charge in [-0.2, -0.15) is 0 Å². The van der Waals surface area contributed by atoms with Crippen LogP contribution in [0.2, 0.25) is 0 Å². The third-order valence-electron chi connectivity index (χ3n) is 4.47. The number of amides is 2. The second-order valence-electron chi connectivity index (χ2n) is 6.20. The maximum Gasteiger partial charge on any atom is 0.319 e. The number of carbonyl (C=O) groups excluding carboxylic acids is 1. The van der Waals surface area contributed by atoms with Gasteiger partial charge in [0.2, 0.25) is 0 Å². The Bertz CT molecular complexity index is 519. The van der Waals surface area contributed by atoms with Crippen molar-refractivity contribution in [2.45, 2.75) is 52.0 Å². The van der Waals surface area contributed by atoms with Crippen LogP contribution in [-0.4, -0.2) is 30.4 Å². The molecule has 0 bridgehead atoms. The molecule has 1 saturated carbocycles. The SMILES string of the molecule is CCOc1ccc(NC(=O)NC2CCCCCC2CO)c(C)c1. The maximum absolute atomic E-state index is 12.3. The van der Waals surface area contributed by atoms with E-state index in [1.807, 2.05) is 32.0 Å². The molecule has 2 unspecified atom stereocenters. The zero-order chi connectivity index (χ0) is 16.7. The first-order chi connectivity index (χ1) is 11.1. The highest BCUT2D eigenvalue weighted by Gasteiger charge is 2.24. The van der Waals surface area contributed by atoms with Crippen LogP contribution in [0.15, 0.2) is 18.2 Å². The number of aliphatic hydroxyl groups is 1. The second kappa shape index (κ2) is 8.77. The summed E-state index contributed by atoms with van der Waals surface area (Å²) in [6.45, 7) is 4.64. The average Bonchev–Trinajstić information content (AvgIpc) is 2.75. The first kappa shape index (κ1) is 17.6. The fourth-order valence-corrected chi connectivity index (χ4v) is 3.15. The number of benzene rings is 1. The van der Waals surface area contributed by atoms with Crippen LogP contribution in [-0.2, 0) is 0 Å². The van der Waals surface area contributed by atoms with E-state index < -0.39 is 0 Å². The highest BCUT2D eigenvalue weighted by atomic mass is 16.5. The molecule has 1 aromatic rings. The van der Waals surface area contributed by atoms with Gasteiger partial charge in [0, 0.05) is 24.3 Å². The number of carbonyl (C=O) groups is 1. The highest BCUT2D eigenvalue weighted by Crippen LogP contribution is 2.24. The Morgan fingerprint density at radius 3 is 2.78 bits per heavy atom. The molecule has 1 aromatic carbocycles. The molecule has 0 saturated heterocycles. The van der Waals surface area contributed by atoms with Crippen molar-refractivity contribution < 1.29 is 14.6 Å². The van der Waals surface area contributed by atoms with Gasteiger partial charge in [0.15, 0.2) is 0 Å². The molecule has 0 radical (unpaired) electrons. The van der Waals surface area contributed by atoms with Gasteiger partial charge in [-0.1, -0.05) is 19.3 Å². The Morgan fingerprint density at radius 1 is 1.30 bits per heavy atom. The number of anilines is 1. The minimum Gasteiger partial charge on any atom is -0.494 e. The van der Waals surface area contributed by atoms with Gasteiger partial charge in [-0.25, -0.2) is 4.79 Å². The van der Waals surface area contributed by atoms with Gasteiger partial charge in [0.05, 0.1) is 6.61 Å². The molecule has 23 heavy (non-hydrogen) atoms. The lowest BCUT2D eigenvalue weighted by Crippen LogP contribution is -2.43. The maximum atomic E-state index is 12.3. The Balaban J connectivity index is 1.95. The van der Waals surface area contributed by atoms with Crippen LogP contribution >= 0.6 is 0 Å². The summed E-state index contributed by atoms with van der Waals surface area (Å²) < 4.78 is 5.45. The van der Waals surface area contributed by atoms with Crippen molar-refractivity contribution in [1.29, 1.82) is 0 Å². The molecule has 128 valence electrons. The predicted octanol–water partition coefficient (Wildman–Crippen LogP) is 3.46. The van der Waals surface area contributed by atoms with Gasteiger partial charge >= 0.3 is 6.03 Å². The van der Waals surface area contributed by atoms with Crippen LogP contribution in [0.5, 0.6) is 5.75 Å². The van der Waals surface area contributed by atoms with Crippen molar-refractivity contribution in [2.24, 2.45) is 5.92 Å². The number of urea groups is 1. The predicted molar refractivity (Wildman–Crippen MR) is 92.0 cm³/mol. The van der Waals surface area contributed by atoms with Gasteiger partial charge in [0.25, 0.3) is 0 Å². The number of hydrogen-bond acceptors (Lipinski definition) is 3. The van der Waals surface area contributed by atoms with Gasteiger partial charge < -0.3 is 20.5 Å². The molecule has 0 spiro atoms. The smallest absolute Gasteiger partial charge is 0.319 e. The van der Waals surface area contributed by atoms with Gasteiger partial charge in [0.1, 0.15) is 5.75 Å². The summed E-state index contributed by atoms with van der Waals surface area (Å²) in [5, 5.41) is 15.5. The molecule has 2 rings (SSSR count). The summed E-state index contributed by atoms with van der Waals surface area (Å²) in [5.41, 5.74) is 1.74. The number of hydrogen-bond donors (Lipinski definition) is 3. The largest absolute Gasteiger partial charge is 0.494 e. The lowest BCUT2D eigenvalue weighted by Gasteiger charge is -2.24. The van der Waals surface area contributed by atoms with E-state index in [0.29, 0.717) is 6.61 Å². The normalized spacial score (nSPS) is 21.3. The van der Waals surface area contributed by atoms with E-state index in [1.54, 1.807) is 0 Å². The van der Waals surface area contributed by atoms with Crippen molar-refractivity contribution in [2.75, 3.05) is 18.5 Å². The second-order valence-corrected chi connectivity index (χ2v) is 6.20. The first-order valence-corrected chi connectivity index (χ1v) is 8.56. The molecule has 5 nitrogen and oxygen atoms in total. The topological polar surface area (TPSA) is 70.6 Å². The Kier molecular flexibility index (Phi) is 6.71. The molecule has 0 aliphatic heterocycles. The summed E-state index contributed by atoms with van der Waals surface area (Å²) in [7, 11) is 0. The molecule has 1 aliphatic rings. The molecular weight excluding hydrogens is 292 g/mol. The average molecular weight is 320 g/mol. The van der Waals surface area contributed by atoms with Crippen molar-refractivity contribution in [1.82, 2.24) is 5.32 Å². The summed E-state index contributed by atoms with van der Waals surface area (Å²) in [4.78, 5) is 12.3. The summed E-state index contributed by atoms with van der Waals surface area (Å²) in [6, 6.07) is 5.47. The minimum atomic E-state index is -0.206. The van der Waals surface area contributed by atoms with E-state index in [-0.39, 0.29) is 24.6 Å². The van der Waals surface area contributed by atoms with E-state index >= 15 is 0 Å². The monoisotopic (exact) mass is 320 g/mol. The third-order valence-corrected chi connectivity index (χ3v) is 4.47. The zero-order valence-corrected chi connectivity index (χ0v) is 14.1. The molecule has 3 N–H and O–H groups in total. The summed E-state index contributed by atoms with van der Waals surface area (Å²) >= 11 is 0. The molecular formula is C18H28N2O3. The van der Waals surface area contributed by atoms with Gasteiger partial charge in [-0.05, 0) is 50.5 Å². The van der Waals surface area contributed by atoms with E-state index in [2.05, 4.69) is 10.6 Å². The van der Waals surface area contributed by atoms with E-state index in [9.17, 15) is 9.90 Å². The number of aliphatic hydroxyl groups excluding tert-OH is 1. The lowest BCUT2D eigenvalue weighted by molar-refractivity contribution is 0.182. The molecule has 0 heterocycles. The molecule has 2 atom stereocenters. The van der Waals surface area contributed by atoms with Gasteiger partial charge in [-0.15, -0.1) is 0 Å². The molecule has 0 aromatic heterocycles. The van der Waals surface area contributed by atoms with Crippen molar-refractivity contribution in [3.63, 3.8) is 0 Å². The Hall–Kier alpha value is -1.75. The lowest BCUT2D eigenvalue weighted by atomic mass is 9.96. The van der Waals surface area contributed by atoms with Crippen LogP contribution in [0.3, 0.4) is 0 Å². The Labute approximate surface area is 138 Å². The number of aryl methyl sites for hydroxylation is 1. The summed E-state index contributed by atoms with van der Waals surface area (Å²) in [5.74, 6) is 0.963. The highest BCUT2D eigenvalue weighted by molar-refractivity contribution is 5.90. The van der Waals surface area contributed by atoms with Crippen LogP contribution in [0.25, 0.3) is 0 Å². The quantitative estimate of drug-likeness (QED) is 0.728. The molecule has 5 heteroatoms. The number of rotatable bonds is 5. The molecule has 2 amide bonds. The van der Waals surface area contributed by atoms with E-state index in [1.165, 1.54) is 6.42 Å². The number of nitrogens with one attached hydrogen (secondary N) is 2. The minimum absolute atomic E-state index is 0.0468.